The maximum Gasteiger partial charge on any atom is 0.192 e. The van der Waals surface area contributed by atoms with Crippen molar-refractivity contribution in [3.63, 3.8) is 0 Å². The van der Waals surface area contributed by atoms with Gasteiger partial charge in [0.15, 0.2) is 8.32 Å². The van der Waals surface area contributed by atoms with E-state index in [1.54, 1.807) is 0 Å². The van der Waals surface area contributed by atoms with Crippen molar-refractivity contribution in [1.82, 2.24) is 0 Å². The molecule has 1 aliphatic rings. The lowest BCUT2D eigenvalue weighted by atomic mass is 10.2. The summed E-state index contributed by atoms with van der Waals surface area (Å²) in [5.41, 5.74) is 0. The lowest BCUT2D eigenvalue weighted by Crippen LogP contribution is -2.43. The molecule has 0 aliphatic heterocycles. The molecule has 1 saturated carbocycles. The van der Waals surface area contributed by atoms with Crippen LogP contribution in [0.4, 0.5) is 0 Å². The van der Waals surface area contributed by atoms with Crippen molar-refractivity contribution in [1.29, 1.82) is 0 Å². The molecule has 0 bridgehead atoms. The van der Waals surface area contributed by atoms with Crippen LogP contribution in [-0.4, -0.2) is 25.6 Å². The fraction of sp³-hybridized carbons (Fsp3) is 1.00. The van der Waals surface area contributed by atoms with E-state index in [0.717, 1.165) is 19.3 Å². The van der Waals surface area contributed by atoms with Gasteiger partial charge in [-0.05, 0) is 37.4 Å². The Hall–Kier alpha value is 0.137. The van der Waals surface area contributed by atoms with Crippen molar-refractivity contribution in [2.75, 3.05) is 0 Å². The summed E-state index contributed by atoms with van der Waals surface area (Å²) < 4.78 is 6.21. The van der Waals surface area contributed by atoms with Crippen LogP contribution in [0, 0.1) is 0 Å². The van der Waals surface area contributed by atoms with Crippen LogP contribution in [0.1, 0.15) is 40.0 Å². The van der Waals surface area contributed by atoms with Gasteiger partial charge in [0.1, 0.15) is 0 Å². The molecule has 3 heteroatoms. The zero-order valence-corrected chi connectivity index (χ0v) is 11.1. The van der Waals surface area contributed by atoms with Gasteiger partial charge in [0.05, 0.1) is 6.10 Å². The second-order valence-corrected chi connectivity index (χ2v) is 10.7. The summed E-state index contributed by atoms with van der Waals surface area (Å²) in [6.45, 7) is 11.3. The third-order valence-electron chi connectivity index (χ3n) is 3.62. The molecule has 2 nitrogen and oxygen atoms in total. The topological polar surface area (TPSA) is 29.5 Å². The highest BCUT2D eigenvalue weighted by atomic mass is 28.4. The minimum Gasteiger partial charge on any atom is -0.414 e. The monoisotopic (exact) mass is 216 g/mol. The van der Waals surface area contributed by atoms with Gasteiger partial charge in [-0.1, -0.05) is 20.8 Å². The van der Waals surface area contributed by atoms with E-state index < -0.39 is 8.32 Å². The lowest BCUT2D eigenvalue weighted by molar-refractivity contribution is 0.141. The van der Waals surface area contributed by atoms with Gasteiger partial charge in [0.2, 0.25) is 0 Å². The molecule has 0 aromatic rings. The van der Waals surface area contributed by atoms with Crippen LogP contribution < -0.4 is 0 Å². The molecule has 0 saturated heterocycles. The molecule has 0 heterocycles. The molecule has 0 radical (unpaired) electrons. The van der Waals surface area contributed by atoms with Crippen LogP contribution in [0.25, 0.3) is 0 Å². The Balaban J connectivity index is 2.51. The first kappa shape index (κ1) is 12.2. The van der Waals surface area contributed by atoms with Crippen LogP contribution in [-0.2, 0) is 4.43 Å². The van der Waals surface area contributed by atoms with Gasteiger partial charge in [-0.25, -0.2) is 0 Å². The molecule has 0 amide bonds. The smallest absolute Gasteiger partial charge is 0.192 e. The molecular weight excluding hydrogens is 192 g/mol. The van der Waals surface area contributed by atoms with Gasteiger partial charge in [-0.15, -0.1) is 0 Å². The first-order chi connectivity index (χ1) is 6.22. The summed E-state index contributed by atoms with van der Waals surface area (Å²) in [6, 6.07) is 0. The minimum absolute atomic E-state index is 0.121. The van der Waals surface area contributed by atoms with Gasteiger partial charge in [-0.3, -0.25) is 0 Å². The SMILES string of the molecule is CC(C)(C)[Si](C)(C)OC1CC[C@H](O)C1. The summed E-state index contributed by atoms with van der Waals surface area (Å²) in [5, 5.41) is 9.71. The fourth-order valence-corrected chi connectivity index (χ4v) is 3.02. The molecule has 1 unspecified atom stereocenters. The summed E-state index contributed by atoms with van der Waals surface area (Å²) in [4.78, 5) is 0. The summed E-state index contributed by atoms with van der Waals surface area (Å²) in [5.74, 6) is 0. The number of aliphatic hydroxyl groups is 1. The summed E-state index contributed by atoms with van der Waals surface area (Å²) in [6.07, 6.45) is 2.98. The second kappa shape index (κ2) is 3.95. The molecule has 14 heavy (non-hydrogen) atoms. The Morgan fingerprint density at radius 3 is 2.14 bits per heavy atom. The molecule has 2 atom stereocenters. The van der Waals surface area contributed by atoms with E-state index in [2.05, 4.69) is 33.9 Å². The Morgan fingerprint density at radius 1 is 1.21 bits per heavy atom. The number of hydrogen-bond acceptors (Lipinski definition) is 2. The largest absolute Gasteiger partial charge is 0.414 e. The van der Waals surface area contributed by atoms with Crippen molar-refractivity contribution < 1.29 is 9.53 Å². The Kier molecular flexibility index (Phi) is 3.44. The molecular formula is C11H24O2Si. The van der Waals surface area contributed by atoms with E-state index in [-0.39, 0.29) is 11.1 Å². The number of rotatable bonds is 2. The van der Waals surface area contributed by atoms with Crippen molar-refractivity contribution in [2.45, 2.75) is 70.4 Å². The lowest BCUT2D eigenvalue weighted by Gasteiger charge is -2.38. The quantitative estimate of drug-likeness (QED) is 0.719. The molecule has 1 rings (SSSR count). The normalized spacial score (nSPS) is 29.6. The van der Waals surface area contributed by atoms with Crippen LogP contribution in [0.5, 0.6) is 0 Å². The standard InChI is InChI=1S/C11H24O2Si/c1-11(2,3)14(4,5)13-10-7-6-9(12)8-10/h9-10,12H,6-8H2,1-5H3/t9-,10?/m0/s1. The first-order valence-electron chi connectivity index (χ1n) is 5.58. The van der Waals surface area contributed by atoms with E-state index in [0.29, 0.717) is 6.10 Å². The molecule has 1 fully saturated rings. The molecule has 1 N–H and O–H groups in total. The van der Waals surface area contributed by atoms with Crippen LogP contribution >= 0.6 is 0 Å². The number of aliphatic hydroxyl groups excluding tert-OH is 1. The second-order valence-electron chi connectivity index (χ2n) is 5.97. The van der Waals surface area contributed by atoms with Gasteiger partial charge < -0.3 is 9.53 Å². The average molecular weight is 216 g/mol. The highest BCUT2D eigenvalue weighted by Gasteiger charge is 2.40. The maximum absolute atomic E-state index is 9.43. The first-order valence-corrected chi connectivity index (χ1v) is 8.49. The molecule has 1 aliphatic carbocycles. The number of hydrogen-bond donors (Lipinski definition) is 1. The van der Waals surface area contributed by atoms with E-state index in [1.165, 1.54) is 0 Å². The van der Waals surface area contributed by atoms with E-state index >= 15 is 0 Å². The predicted molar refractivity (Wildman–Crippen MR) is 61.9 cm³/mol. The summed E-state index contributed by atoms with van der Waals surface area (Å²) in [7, 11) is -1.61. The van der Waals surface area contributed by atoms with Gasteiger partial charge in [0.25, 0.3) is 0 Å². The summed E-state index contributed by atoms with van der Waals surface area (Å²) >= 11 is 0. The zero-order chi connectivity index (χ0) is 11.0. The van der Waals surface area contributed by atoms with Crippen molar-refractivity contribution in [2.24, 2.45) is 0 Å². The van der Waals surface area contributed by atoms with Crippen LogP contribution in [0.3, 0.4) is 0 Å². The van der Waals surface area contributed by atoms with E-state index in [1.807, 2.05) is 0 Å². The van der Waals surface area contributed by atoms with Gasteiger partial charge in [0, 0.05) is 6.10 Å². The fourth-order valence-electron chi connectivity index (χ4n) is 1.62. The Labute approximate surface area is 88.8 Å². The highest BCUT2D eigenvalue weighted by Crippen LogP contribution is 2.39. The van der Waals surface area contributed by atoms with E-state index in [4.69, 9.17) is 4.43 Å². The Bertz CT molecular complexity index is 196. The van der Waals surface area contributed by atoms with E-state index in [9.17, 15) is 5.11 Å². The predicted octanol–water partition coefficient (Wildman–Crippen LogP) is 2.92. The molecule has 0 aromatic carbocycles. The highest BCUT2D eigenvalue weighted by molar-refractivity contribution is 6.74. The third-order valence-corrected chi connectivity index (χ3v) is 8.16. The molecule has 0 aromatic heterocycles. The van der Waals surface area contributed by atoms with Crippen molar-refractivity contribution in [3.05, 3.63) is 0 Å². The minimum atomic E-state index is -1.61. The van der Waals surface area contributed by atoms with Gasteiger partial charge in [-0.2, -0.15) is 0 Å². The van der Waals surface area contributed by atoms with Crippen molar-refractivity contribution in [3.8, 4) is 0 Å². The van der Waals surface area contributed by atoms with Crippen LogP contribution in [0.2, 0.25) is 18.1 Å². The van der Waals surface area contributed by atoms with Crippen molar-refractivity contribution >= 4 is 8.32 Å². The third kappa shape index (κ3) is 2.81. The maximum atomic E-state index is 9.43. The van der Waals surface area contributed by atoms with Gasteiger partial charge >= 0.3 is 0 Å². The molecule has 0 spiro atoms. The van der Waals surface area contributed by atoms with Crippen LogP contribution in [0.15, 0.2) is 0 Å². The Morgan fingerprint density at radius 2 is 1.79 bits per heavy atom. The zero-order valence-electron chi connectivity index (χ0n) is 10.1. The average Bonchev–Trinajstić information content (AvgIpc) is 2.31. The molecule has 84 valence electrons.